The zero-order valence-electron chi connectivity index (χ0n) is 10.7. The molecule has 0 aromatic heterocycles. The zero-order chi connectivity index (χ0) is 13.8. The number of aliphatic hydroxyl groups is 1. The highest BCUT2D eigenvalue weighted by Gasteiger charge is 2.45. The van der Waals surface area contributed by atoms with Gasteiger partial charge in [0, 0.05) is 13.3 Å². The Bertz CT molecular complexity index is 301. The Kier molecular flexibility index (Phi) is 6.27. The van der Waals surface area contributed by atoms with Crippen molar-refractivity contribution in [1.82, 2.24) is 0 Å². The lowest BCUT2D eigenvalue weighted by Gasteiger charge is -2.24. The van der Waals surface area contributed by atoms with Crippen LogP contribution in [0.3, 0.4) is 0 Å². The third-order valence-electron chi connectivity index (χ3n) is 2.70. The molecular formula is C9H21BNO6P. The molecule has 1 fully saturated rings. The molecule has 0 aromatic carbocycles. The minimum absolute atomic E-state index is 0.286. The summed E-state index contributed by atoms with van der Waals surface area (Å²) in [6.07, 6.45) is -1.19. The van der Waals surface area contributed by atoms with Crippen LogP contribution < -0.4 is 5.73 Å². The molecule has 7 nitrogen and oxygen atoms in total. The molecular weight excluding hydrogens is 260 g/mol. The molecule has 106 valence electrons. The van der Waals surface area contributed by atoms with Crippen LogP contribution in [0, 0.1) is 0 Å². The van der Waals surface area contributed by atoms with Gasteiger partial charge in [-0.1, -0.05) is 0 Å². The van der Waals surface area contributed by atoms with Crippen LogP contribution in [0.5, 0.6) is 0 Å². The van der Waals surface area contributed by atoms with Gasteiger partial charge in [-0.3, -0.25) is 9.09 Å². The normalized spacial score (nSPS) is 35.6. The topological polar surface area (TPSA) is 111 Å². The molecule has 1 heterocycles. The first-order valence-electron chi connectivity index (χ1n) is 5.95. The van der Waals surface area contributed by atoms with Gasteiger partial charge in [0.25, 0.3) is 0 Å². The van der Waals surface area contributed by atoms with E-state index in [0.717, 1.165) is 6.66 Å². The van der Waals surface area contributed by atoms with E-state index in [2.05, 4.69) is 0 Å². The average Bonchev–Trinajstić information content (AvgIpc) is 2.54. The Morgan fingerprint density at radius 3 is 2.67 bits per heavy atom. The predicted molar refractivity (Wildman–Crippen MR) is 68.3 cm³/mol. The number of rotatable bonds is 7. The summed E-state index contributed by atoms with van der Waals surface area (Å²) >= 11 is 0. The molecule has 2 unspecified atom stereocenters. The van der Waals surface area contributed by atoms with Gasteiger partial charge in [0.15, 0.2) is 0 Å². The zero-order valence-corrected chi connectivity index (χ0v) is 11.6. The number of ether oxygens (including phenoxy) is 2. The van der Waals surface area contributed by atoms with Gasteiger partial charge >= 0.3 is 7.60 Å². The molecule has 1 aliphatic heterocycles. The molecule has 0 saturated carbocycles. The Morgan fingerprint density at radius 1 is 1.50 bits per heavy atom. The Labute approximate surface area is 108 Å². The van der Waals surface area contributed by atoms with E-state index in [4.69, 9.17) is 19.7 Å². The molecule has 0 amide bonds. The van der Waals surface area contributed by atoms with Crippen LogP contribution in [0.1, 0.15) is 6.42 Å². The number of hydrogen-bond acceptors (Lipinski definition) is 6. The van der Waals surface area contributed by atoms with E-state index in [9.17, 15) is 14.6 Å². The van der Waals surface area contributed by atoms with Crippen LogP contribution in [0.25, 0.3) is 0 Å². The first-order chi connectivity index (χ1) is 8.39. The van der Waals surface area contributed by atoms with Crippen molar-refractivity contribution in [2.24, 2.45) is 5.73 Å². The molecule has 1 aliphatic rings. The van der Waals surface area contributed by atoms with Gasteiger partial charge in [-0.25, -0.2) is 0 Å². The SMILES string of the molecule is B[C@@H]1O[C@H](CO)C(OP(C)(=O)O)[C@@H]1OCCCN. The van der Waals surface area contributed by atoms with E-state index in [1.807, 2.05) is 0 Å². The average molecular weight is 281 g/mol. The van der Waals surface area contributed by atoms with Gasteiger partial charge in [0.1, 0.15) is 26.2 Å². The monoisotopic (exact) mass is 281 g/mol. The van der Waals surface area contributed by atoms with Gasteiger partial charge in [-0.15, -0.1) is 0 Å². The summed E-state index contributed by atoms with van der Waals surface area (Å²) in [6.45, 7) is 1.74. The van der Waals surface area contributed by atoms with Crippen molar-refractivity contribution in [2.45, 2.75) is 30.7 Å². The summed E-state index contributed by atoms with van der Waals surface area (Å²) in [5, 5.41) is 9.19. The van der Waals surface area contributed by atoms with Crippen molar-refractivity contribution in [3.63, 3.8) is 0 Å². The van der Waals surface area contributed by atoms with Gasteiger partial charge < -0.3 is 25.2 Å². The molecule has 9 heteroatoms. The predicted octanol–water partition coefficient (Wildman–Crippen LogP) is -1.73. The first kappa shape index (κ1) is 16.1. The summed E-state index contributed by atoms with van der Waals surface area (Å²) in [7, 11) is -1.89. The fourth-order valence-corrected chi connectivity index (χ4v) is 2.65. The van der Waals surface area contributed by atoms with E-state index in [0.29, 0.717) is 19.6 Å². The fraction of sp³-hybridized carbons (Fsp3) is 1.00. The molecule has 0 bridgehead atoms. The third kappa shape index (κ3) is 4.62. The van der Waals surface area contributed by atoms with Crippen molar-refractivity contribution in [3.05, 3.63) is 0 Å². The van der Waals surface area contributed by atoms with Crippen LogP contribution in [0.2, 0.25) is 0 Å². The molecule has 4 N–H and O–H groups in total. The molecule has 18 heavy (non-hydrogen) atoms. The second-order valence-electron chi connectivity index (χ2n) is 4.41. The highest BCUT2D eigenvalue weighted by Crippen LogP contribution is 2.42. The highest BCUT2D eigenvalue weighted by atomic mass is 31.2. The molecule has 0 aliphatic carbocycles. The largest absolute Gasteiger partial charge is 0.394 e. The lowest BCUT2D eigenvalue weighted by molar-refractivity contribution is -0.0193. The quantitative estimate of drug-likeness (QED) is 0.289. The smallest absolute Gasteiger partial charge is 0.325 e. The summed E-state index contributed by atoms with van der Waals surface area (Å²) in [5.74, 6) is 0. The maximum atomic E-state index is 11.3. The lowest BCUT2D eigenvalue weighted by Crippen LogP contribution is -2.38. The molecule has 1 rings (SSSR count). The molecule has 1 saturated heterocycles. The van der Waals surface area contributed by atoms with Crippen molar-refractivity contribution in [1.29, 1.82) is 0 Å². The van der Waals surface area contributed by atoms with E-state index in [1.54, 1.807) is 7.85 Å². The van der Waals surface area contributed by atoms with Crippen LogP contribution in [0.4, 0.5) is 0 Å². The Hall–Kier alpha value is 0.0549. The molecule has 5 atom stereocenters. The lowest BCUT2D eigenvalue weighted by atomic mass is 9.93. The van der Waals surface area contributed by atoms with E-state index >= 15 is 0 Å². The van der Waals surface area contributed by atoms with Crippen molar-refractivity contribution in [2.75, 3.05) is 26.4 Å². The number of aliphatic hydroxyl groups excluding tert-OH is 1. The number of hydrogen-bond donors (Lipinski definition) is 3. The second-order valence-corrected chi connectivity index (χ2v) is 6.23. The van der Waals surface area contributed by atoms with Gasteiger partial charge in [0.05, 0.1) is 12.6 Å². The van der Waals surface area contributed by atoms with Crippen molar-refractivity contribution >= 4 is 15.4 Å². The van der Waals surface area contributed by atoms with Crippen LogP contribution in [-0.4, -0.2) is 68.6 Å². The van der Waals surface area contributed by atoms with Gasteiger partial charge in [-0.2, -0.15) is 0 Å². The number of nitrogens with two attached hydrogens (primary N) is 1. The maximum Gasteiger partial charge on any atom is 0.325 e. The fourth-order valence-electron chi connectivity index (χ4n) is 1.94. The summed E-state index contributed by atoms with van der Waals surface area (Å²) in [4.78, 5) is 9.29. The van der Waals surface area contributed by atoms with Gasteiger partial charge in [-0.05, 0) is 13.0 Å². The third-order valence-corrected chi connectivity index (χ3v) is 3.33. The summed E-state index contributed by atoms with van der Waals surface area (Å²) in [6, 6.07) is -0.309. The Morgan fingerprint density at radius 2 is 2.17 bits per heavy atom. The second kappa shape index (κ2) is 7.00. The molecule has 0 radical (unpaired) electrons. The minimum Gasteiger partial charge on any atom is -0.394 e. The highest BCUT2D eigenvalue weighted by molar-refractivity contribution is 7.51. The van der Waals surface area contributed by atoms with Crippen LogP contribution in [-0.2, 0) is 18.6 Å². The van der Waals surface area contributed by atoms with Crippen LogP contribution >= 0.6 is 7.60 Å². The van der Waals surface area contributed by atoms with E-state index in [1.165, 1.54) is 0 Å². The maximum absolute atomic E-state index is 11.3. The summed E-state index contributed by atoms with van der Waals surface area (Å²) in [5.41, 5.74) is 5.37. The summed E-state index contributed by atoms with van der Waals surface area (Å²) < 4.78 is 27.4. The van der Waals surface area contributed by atoms with Crippen molar-refractivity contribution < 1.29 is 28.6 Å². The van der Waals surface area contributed by atoms with Crippen molar-refractivity contribution in [3.8, 4) is 0 Å². The molecule has 0 aromatic rings. The first-order valence-corrected chi connectivity index (χ1v) is 7.98. The van der Waals surface area contributed by atoms with Gasteiger partial charge in [0.2, 0.25) is 0 Å². The standard InChI is InChI=1S/C9H21BNO6P/c1-18(13,14)17-7-6(5-12)16-9(10)8(7)15-4-2-3-11/h6-9,12H,2-5,10-11H2,1H3,(H,13,14)/t6-,7?,8+,9-/m1/s1. The Balaban J connectivity index is 2.67. The minimum atomic E-state index is -3.66. The van der Waals surface area contributed by atoms with E-state index in [-0.39, 0.29) is 12.6 Å². The molecule has 0 spiro atoms. The van der Waals surface area contributed by atoms with Crippen LogP contribution in [0.15, 0.2) is 0 Å². The van der Waals surface area contributed by atoms with E-state index < -0.39 is 25.9 Å².